The van der Waals surface area contributed by atoms with E-state index in [2.05, 4.69) is 4.74 Å². The van der Waals surface area contributed by atoms with Crippen LogP contribution in [-0.2, 0) is 4.74 Å². The highest BCUT2D eigenvalue weighted by molar-refractivity contribution is 4.95. The van der Waals surface area contributed by atoms with Crippen LogP contribution in [0.4, 0.5) is 13.2 Å². The SMILES string of the molecule is C[C@H]([C@H]1O[C@H]1C(F)(F)F)[C@@H](C)O. The van der Waals surface area contributed by atoms with E-state index in [4.69, 9.17) is 5.11 Å². The highest BCUT2D eigenvalue weighted by Crippen LogP contribution is 2.42. The van der Waals surface area contributed by atoms with Crippen LogP contribution in [0, 0.1) is 5.92 Å². The Labute approximate surface area is 68.3 Å². The minimum Gasteiger partial charge on any atom is -0.393 e. The maximum atomic E-state index is 11.9. The number of aliphatic hydroxyl groups excluding tert-OH is 1. The van der Waals surface area contributed by atoms with E-state index in [0.29, 0.717) is 0 Å². The van der Waals surface area contributed by atoms with Gasteiger partial charge in [-0.05, 0) is 6.92 Å². The zero-order chi connectivity index (χ0) is 9.52. The molecule has 1 rings (SSSR count). The first-order chi connectivity index (χ1) is 5.34. The first-order valence-electron chi connectivity index (χ1n) is 3.74. The van der Waals surface area contributed by atoms with Gasteiger partial charge in [0, 0.05) is 5.92 Å². The molecule has 12 heavy (non-hydrogen) atoms. The molecule has 1 saturated heterocycles. The van der Waals surface area contributed by atoms with Crippen molar-refractivity contribution in [2.45, 2.75) is 38.3 Å². The Morgan fingerprint density at radius 1 is 1.33 bits per heavy atom. The van der Waals surface area contributed by atoms with Gasteiger partial charge in [0.1, 0.15) is 0 Å². The van der Waals surface area contributed by atoms with Crippen molar-refractivity contribution in [2.24, 2.45) is 5.92 Å². The molecule has 0 aromatic carbocycles. The van der Waals surface area contributed by atoms with Gasteiger partial charge in [0.25, 0.3) is 0 Å². The van der Waals surface area contributed by atoms with Gasteiger partial charge in [0.2, 0.25) is 0 Å². The monoisotopic (exact) mass is 184 g/mol. The number of ether oxygens (including phenoxy) is 1. The lowest BCUT2D eigenvalue weighted by Crippen LogP contribution is -2.26. The number of epoxide rings is 1. The normalized spacial score (nSPS) is 34.5. The molecule has 0 spiro atoms. The molecule has 0 radical (unpaired) electrons. The van der Waals surface area contributed by atoms with Crippen LogP contribution in [-0.4, -0.2) is 29.6 Å². The van der Waals surface area contributed by atoms with Crippen LogP contribution < -0.4 is 0 Å². The van der Waals surface area contributed by atoms with E-state index in [0.717, 1.165) is 0 Å². The summed E-state index contributed by atoms with van der Waals surface area (Å²) in [6, 6.07) is 0. The number of halogens is 3. The molecule has 0 aromatic heterocycles. The van der Waals surface area contributed by atoms with Crippen molar-refractivity contribution in [1.82, 2.24) is 0 Å². The van der Waals surface area contributed by atoms with Crippen LogP contribution in [0.25, 0.3) is 0 Å². The van der Waals surface area contributed by atoms with E-state index >= 15 is 0 Å². The molecule has 1 aliphatic heterocycles. The Morgan fingerprint density at radius 2 is 1.83 bits per heavy atom. The quantitative estimate of drug-likeness (QED) is 0.657. The molecule has 0 bridgehead atoms. The van der Waals surface area contributed by atoms with Crippen molar-refractivity contribution >= 4 is 0 Å². The van der Waals surface area contributed by atoms with E-state index in [1.807, 2.05) is 0 Å². The third kappa shape index (κ3) is 1.90. The second kappa shape index (κ2) is 2.88. The second-order valence-electron chi connectivity index (χ2n) is 3.16. The molecule has 1 fully saturated rings. The van der Waals surface area contributed by atoms with Gasteiger partial charge in [-0.25, -0.2) is 0 Å². The fourth-order valence-electron chi connectivity index (χ4n) is 1.06. The Balaban J connectivity index is 2.42. The topological polar surface area (TPSA) is 32.8 Å². The summed E-state index contributed by atoms with van der Waals surface area (Å²) in [5, 5.41) is 8.97. The second-order valence-corrected chi connectivity index (χ2v) is 3.16. The molecule has 1 N–H and O–H groups in total. The summed E-state index contributed by atoms with van der Waals surface area (Å²) in [4.78, 5) is 0. The molecule has 0 aromatic rings. The summed E-state index contributed by atoms with van der Waals surface area (Å²) in [7, 11) is 0. The third-order valence-electron chi connectivity index (χ3n) is 2.13. The zero-order valence-corrected chi connectivity index (χ0v) is 6.80. The third-order valence-corrected chi connectivity index (χ3v) is 2.13. The fourth-order valence-corrected chi connectivity index (χ4v) is 1.06. The van der Waals surface area contributed by atoms with Gasteiger partial charge in [-0.1, -0.05) is 6.92 Å². The number of hydrogen-bond donors (Lipinski definition) is 1. The maximum absolute atomic E-state index is 11.9. The van der Waals surface area contributed by atoms with E-state index in [1.165, 1.54) is 6.92 Å². The molecule has 0 unspecified atom stereocenters. The molecule has 1 aliphatic rings. The zero-order valence-electron chi connectivity index (χ0n) is 6.80. The molecule has 5 heteroatoms. The van der Waals surface area contributed by atoms with Crippen LogP contribution in [0.1, 0.15) is 13.8 Å². The smallest absolute Gasteiger partial charge is 0.393 e. The average Bonchev–Trinajstić information content (AvgIpc) is 2.61. The van der Waals surface area contributed by atoms with Crippen molar-refractivity contribution in [2.75, 3.05) is 0 Å². The average molecular weight is 184 g/mol. The van der Waals surface area contributed by atoms with Crippen LogP contribution in [0.5, 0.6) is 0 Å². The van der Waals surface area contributed by atoms with Gasteiger partial charge in [0.05, 0.1) is 12.2 Å². The Hall–Kier alpha value is -0.290. The van der Waals surface area contributed by atoms with Gasteiger partial charge in [-0.3, -0.25) is 0 Å². The first kappa shape index (κ1) is 9.80. The van der Waals surface area contributed by atoms with Gasteiger partial charge < -0.3 is 9.84 Å². The standard InChI is InChI=1S/C7H11F3O2/c1-3(4(2)11)5-6(12-5)7(8,9)10/h3-6,11H,1-2H3/t3-,4+,5+,6+/m0/s1. The van der Waals surface area contributed by atoms with Gasteiger partial charge in [0.15, 0.2) is 6.10 Å². The summed E-state index contributed by atoms with van der Waals surface area (Å²) < 4.78 is 40.1. The Morgan fingerprint density at radius 3 is 2.08 bits per heavy atom. The summed E-state index contributed by atoms with van der Waals surface area (Å²) >= 11 is 0. The van der Waals surface area contributed by atoms with Crippen LogP contribution in [0.15, 0.2) is 0 Å². The molecular formula is C7H11F3O2. The van der Waals surface area contributed by atoms with Crippen LogP contribution >= 0.6 is 0 Å². The Kier molecular flexibility index (Phi) is 2.35. The van der Waals surface area contributed by atoms with Crippen LogP contribution in [0.2, 0.25) is 0 Å². The predicted octanol–water partition coefficient (Wildman–Crippen LogP) is 1.33. The molecule has 2 nitrogen and oxygen atoms in total. The molecule has 72 valence electrons. The van der Waals surface area contributed by atoms with Crippen molar-refractivity contribution < 1.29 is 23.0 Å². The highest BCUT2D eigenvalue weighted by Gasteiger charge is 2.60. The molecular weight excluding hydrogens is 173 g/mol. The van der Waals surface area contributed by atoms with Gasteiger partial charge >= 0.3 is 6.18 Å². The molecule has 4 atom stereocenters. The number of alkyl halides is 3. The highest BCUT2D eigenvalue weighted by atomic mass is 19.4. The molecule has 0 amide bonds. The summed E-state index contributed by atoms with van der Waals surface area (Å²) in [5.74, 6) is -0.461. The van der Waals surface area contributed by atoms with Gasteiger partial charge in [-0.2, -0.15) is 13.2 Å². The van der Waals surface area contributed by atoms with E-state index in [9.17, 15) is 13.2 Å². The lowest BCUT2D eigenvalue weighted by molar-refractivity contribution is -0.146. The largest absolute Gasteiger partial charge is 0.417 e. The summed E-state index contributed by atoms with van der Waals surface area (Å²) in [6.45, 7) is 3.00. The van der Waals surface area contributed by atoms with Crippen LogP contribution in [0.3, 0.4) is 0 Å². The fraction of sp³-hybridized carbons (Fsp3) is 1.00. The van der Waals surface area contributed by atoms with E-state index < -0.39 is 30.4 Å². The minimum atomic E-state index is -4.28. The number of rotatable bonds is 2. The lowest BCUT2D eigenvalue weighted by atomic mass is 10.00. The lowest BCUT2D eigenvalue weighted by Gasteiger charge is -2.11. The van der Waals surface area contributed by atoms with Gasteiger partial charge in [-0.15, -0.1) is 0 Å². The summed E-state index contributed by atoms with van der Waals surface area (Å²) in [5.41, 5.74) is 0. The number of hydrogen-bond acceptors (Lipinski definition) is 2. The van der Waals surface area contributed by atoms with Crippen molar-refractivity contribution in [3.05, 3.63) is 0 Å². The van der Waals surface area contributed by atoms with Crippen molar-refractivity contribution in [3.63, 3.8) is 0 Å². The van der Waals surface area contributed by atoms with E-state index in [1.54, 1.807) is 6.92 Å². The maximum Gasteiger partial charge on any atom is 0.417 e. The number of aliphatic hydroxyl groups is 1. The molecule has 0 aliphatic carbocycles. The predicted molar refractivity (Wildman–Crippen MR) is 35.6 cm³/mol. The first-order valence-corrected chi connectivity index (χ1v) is 3.74. The molecule has 1 heterocycles. The van der Waals surface area contributed by atoms with Crippen molar-refractivity contribution in [1.29, 1.82) is 0 Å². The Bertz CT molecular complexity index is 167. The van der Waals surface area contributed by atoms with E-state index in [-0.39, 0.29) is 0 Å². The minimum absolute atomic E-state index is 0.461. The van der Waals surface area contributed by atoms with Crippen molar-refractivity contribution in [3.8, 4) is 0 Å². The molecule has 0 saturated carbocycles. The summed E-state index contributed by atoms with van der Waals surface area (Å²) in [6.07, 6.45) is -7.57.